The highest BCUT2D eigenvalue weighted by Gasteiger charge is 2.63. The Kier molecular flexibility index (Phi) is 6.33. The van der Waals surface area contributed by atoms with Crippen LogP contribution in [0.1, 0.15) is 51.9 Å². The second-order valence-corrected chi connectivity index (χ2v) is 13.1. The number of ether oxygens (including phenoxy) is 2. The third kappa shape index (κ3) is 3.82. The fourth-order valence-electron chi connectivity index (χ4n) is 9.18. The quantitative estimate of drug-likeness (QED) is 0.188. The molecule has 2 aliphatic heterocycles. The van der Waals surface area contributed by atoms with Gasteiger partial charge in [0, 0.05) is 22.2 Å². The predicted octanol–water partition coefficient (Wildman–Crippen LogP) is 9.63. The highest BCUT2D eigenvalue weighted by Crippen LogP contribution is 2.62. The molecule has 0 amide bonds. The van der Waals surface area contributed by atoms with Crippen molar-refractivity contribution in [1.82, 2.24) is 4.90 Å². The summed E-state index contributed by atoms with van der Waals surface area (Å²) in [6, 6.07) is 44.3. The SMILES string of the molecule is COc1cc2c3c(c4c(c2c2ccccc12)C=CCC4)CC1(c2ccccc2)C(O3)C(c2ccccc2)N(C)C1c1ccccc1. The van der Waals surface area contributed by atoms with Gasteiger partial charge in [-0.1, -0.05) is 127 Å². The lowest BCUT2D eigenvalue weighted by Crippen LogP contribution is -2.49. The second-order valence-electron chi connectivity index (χ2n) is 13.1. The zero-order valence-electron chi connectivity index (χ0n) is 26.3. The smallest absolute Gasteiger partial charge is 0.131 e. The Bertz CT molecular complexity index is 2120. The molecule has 3 heteroatoms. The summed E-state index contributed by atoms with van der Waals surface area (Å²) in [7, 11) is 4.08. The van der Waals surface area contributed by atoms with Crippen molar-refractivity contribution in [2.75, 3.05) is 14.2 Å². The molecule has 0 spiro atoms. The average molecular weight is 600 g/mol. The van der Waals surface area contributed by atoms with Gasteiger partial charge in [-0.3, -0.25) is 4.90 Å². The highest BCUT2D eigenvalue weighted by molar-refractivity contribution is 6.16. The summed E-state index contributed by atoms with van der Waals surface area (Å²) < 4.78 is 13.8. The van der Waals surface area contributed by atoms with Crippen molar-refractivity contribution in [3.05, 3.63) is 161 Å². The molecular formula is C43H37NO2. The molecule has 0 radical (unpaired) electrons. The Morgan fingerprint density at radius 2 is 1.39 bits per heavy atom. The predicted molar refractivity (Wildman–Crippen MR) is 188 cm³/mol. The maximum absolute atomic E-state index is 7.71. The first-order chi connectivity index (χ1) is 22.7. The van der Waals surface area contributed by atoms with Gasteiger partial charge in [0.1, 0.15) is 17.6 Å². The van der Waals surface area contributed by atoms with E-state index in [1.807, 2.05) is 0 Å². The lowest BCUT2D eigenvalue weighted by atomic mass is 9.63. The van der Waals surface area contributed by atoms with Gasteiger partial charge in [-0.15, -0.1) is 0 Å². The number of fused-ring (bicyclic) bond motifs is 9. The van der Waals surface area contributed by atoms with Gasteiger partial charge in [0.2, 0.25) is 0 Å². The van der Waals surface area contributed by atoms with Crippen LogP contribution in [0.2, 0.25) is 0 Å². The molecule has 1 saturated heterocycles. The Balaban J connectivity index is 1.40. The average Bonchev–Trinajstić information content (AvgIpc) is 3.39. The maximum Gasteiger partial charge on any atom is 0.131 e. The van der Waals surface area contributed by atoms with Crippen LogP contribution in [0.3, 0.4) is 0 Å². The van der Waals surface area contributed by atoms with E-state index in [-0.39, 0.29) is 23.6 Å². The molecule has 3 nitrogen and oxygen atoms in total. The number of nitrogens with zero attached hydrogens (tertiary/aromatic N) is 1. The van der Waals surface area contributed by atoms with Gasteiger partial charge in [0.05, 0.1) is 18.6 Å². The third-order valence-electron chi connectivity index (χ3n) is 11.0. The number of rotatable bonds is 4. The van der Waals surface area contributed by atoms with Gasteiger partial charge in [-0.2, -0.15) is 0 Å². The molecule has 2 heterocycles. The lowest BCUT2D eigenvalue weighted by Gasteiger charge is -2.46. The maximum atomic E-state index is 7.71. The van der Waals surface area contributed by atoms with E-state index in [0.717, 1.165) is 41.5 Å². The van der Waals surface area contributed by atoms with Crippen LogP contribution in [0.4, 0.5) is 0 Å². The van der Waals surface area contributed by atoms with Crippen LogP contribution in [-0.4, -0.2) is 25.2 Å². The van der Waals surface area contributed by atoms with E-state index in [4.69, 9.17) is 9.47 Å². The molecule has 9 rings (SSSR count). The Hall–Kier alpha value is -4.86. The molecule has 1 fully saturated rings. The summed E-state index contributed by atoms with van der Waals surface area (Å²) in [5, 5.41) is 4.78. The minimum absolute atomic E-state index is 0.0492. The van der Waals surface area contributed by atoms with Crippen molar-refractivity contribution in [3.8, 4) is 11.5 Å². The van der Waals surface area contributed by atoms with E-state index in [0.29, 0.717) is 0 Å². The minimum Gasteiger partial charge on any atom is -0.496 e. The number of allylic oxidation sites excluding steroid dienone is 1. The molecule has 0 aromatic heterocycles. The first kappa shape index (κ1) is 27.5. The molecule has 0 bridgehead atoms. The fraction of sp³-hybridized carbons (Fsp3) is 0.209. The molecule has 6 aromatic carbocycles. The number of hydrogen-bond acceptors (Lipinski definition) is 3. The molecule has 0 saturated carbocycles. The van der Waals surface area contributed by atoms with Gasteiger partial charge < -0.3 is 9.47 Å². The number of hydrogen-bond donors (Lipinski definition) is 0. The van der Waals surface area contributed by atoms with E-state index < -0.39 is 0 Å². The Morgan fingerprint density at radius 1 is 0.739 bits per heavy atom. The van der Waals surface area contributed by atoms with Crippen molar-refractivity contribution in [2.24, 2.45) is 0 Å². The van der Waals surface area contributed by atoms with Gasteiger partial charge in [-0.25, -0.2) is 0 Å². The summed E-state index contributed by atoms with van der Waals surface area (Å²) in [6.45, 7) is 0. The molecule has 226 valence electrons. The molecular weight excluding hydrogens is 562 g/mol. The van der Waals surface area contributed by atoms with Gasteiger partial charge in [-0.05, 0) is 71.1 Å². The van der Waals surface area contributed by atoms with E-state index >= 15 is 0 Å². The number of methoxy groups -OCH3 is 1. The highest BCUT2D eigenvalue weighted by atomic mass is 16.5. The summed E-state index contributed by atoms with van der Waals surface area (Å²) >= 11 is 0. The molecule has 0 N–H and O–H groups in total. The standard InChI is InChI=1S/C43H37NO2/c1-44-39(28-16-6-3-7-17-28)42-43(30-20-10-5-11-21-30,41(44)29-18-8-4-9-19-29)27-36-31-22-12-14-24-33(31)38-34-25-15-13-23-32(34)37(45-2)26-35(38)40(36)46-42/h3-11,13-21,23-26,39,41-42H,12,22,27H2,1-2H3. The van der Waals surface area contributed by atoms with Crippen molar-refractivity contribution in [3.63, 3.8) is 0 Å². The molecule has 46 heavy (non-hydrogen) atoms. The van der Waals surface area contributed by atoms with Crippen LogP contribution < -0.4 is 9.47 Å². The molecule has 4 unspecified atom stereocenters. The van der Waals surface area contributed by atoms with E-state index in [2.05, 4.69) is 145 Å². The van der Waals surface area contributed by atoms with Gasteiger partial charge in [0.15, 0.2) is 0 Å². The molecule has 3 aliphatic rings. The van der Waals surface area contributed by atoms with Crippen molar-refractivity contribution < 1.29 is 9.47 Å². The molecule has 6 aromatic rings. The Labute approximate surface area is 270 Å². The first-order valence-electron chi connectivity index (χ1n) is 16.5. The van der Waals surface area contributed by atoms with Gasteiger partial charge >= 0.3 is 0 Å². The zero-order valence-corrected chi connectivity index (χ0v) is 26.3. The van der Waals surface area contributed by atoms with E-state index in [1.165, 1.54) is 44.2 Å². The summed E-state index contributed by atoms with van der Waals surface area (Å²) in [6.07, 6.45) is 7.52. The molecule has 4 atom stereocenters. The Morgan fingerprint density at radius 3 is 2.11 bits per heavy atom. The number of likely N-dealkylation sites (N-methyl/N-ethyl adjacent to an activating group) is 1. The van der Waals surface area contributed by atoms with Crippen molar-refractivity contribution >= 4 is 27.6 Å². The topological polar surface area (TPSA) is 21.7 Å². The number of benzene rings is 6. The van der Waals surface area contributed by atoms with Crippen LogP contribution in [-0.2, 0) is 18.3 Å². The van der Waals surface area contributed by atoms with E-state index in [9.17, 15) is 0 Å². The van der Waals surface area contributed by atoms with E-state index in [1.54, 1.807) is 7.11 Å². The van der Waals surface area contributed by atoms with Crippen molar-refractivity contribution in [2.45, 2.75) is 42.9 Å². The molecule has 1 aliphatic carbocycles. The fourth-order valence-corrected chi connectivity index (χ4v) is 9.18. The van der Waals surface area contributed by atoms with Crippen LogP contribution in [0.15, 0.2) is 127 Å². The lowest BCUT2D eigenvalue weighted by molar-refractivity contribution is 0.0888. The van der Waals surface area contributed by atoms with Gasteiger partial charge in [0.25, 0.3) is 0 Å². The normalized spacial score (nSPS) is 23.5. The monoisotopic (exact) mass is 599 g/mol. The number of likely N-dealkylation sites (tertiary alicyclic amines) is 1. The van der Waals surface area contributed by atoms with Crippen LogP contribution in [0, 0.1) is 0 Å². The summed E-state index contributed by atoms with van der Waals surface area (Å²) in [5.74, 6) is 1.92. The first-order valence-corrected chi connectivity index (χ1v) is 16.5. The second kappa shape index (κ2) is 10.6. The van der Waals surface area contributed by atoms with Crippen LogP contribution in [0.25, 0.3) is 27.6 Å². The third-order valence-corrected chi connectivity index (χ3v) is 11.0. The van der Waals surface area contributed by atoms with Crippen molar-refractivity contribution in [1.29, 1.82) is 0 Å². The zero-order chi connectivity index (χ0) is 30.8. The van der Waals surface area contributed by atoms with Crippen LogP contribution >= 0.6 is 0 Å². The largest absolute Gasteiger partial charge is 0.496 e. The minimum atomic E-state index is -0.325. The van der Waals surface area contributed by atoms with Crippen LogP contribution in [0.5, 0.6) is 11.5 Å². The summed E-state index contributed by atoms with van der Waals surface area (Å²) in [5.41, 5.74) is 7.75. The summed E-state index contributed by atoms with van der Waals surface area (Å²) in [4.78, 5) is 2.60.